The van der Waals surface area contributed by atoms with Crippen molar-refractivity contribution >= 4 is 11.2 Å². The molecule has 0 saturated heterocycles. The van der Waals surface area contributed by atoms with Gasteiger partial charge in [-0.1, -0.05) is 36.4 Å². The zero-order valence-electron chi connectivity index (χ0n) is 12.7. The van der Waals surface area contributed by atoms with Gasteiger partial charge in [-0.05, 0) is 42.8 Å². The minimum Gasteiger partial charge on any atom is -0.258 e. The lowest BCUT2D eigenvalue weighted by Crippen LogP contribution is -2.22. The van der Waals surface area contributed by atoms with Crippen LogP contribution in [0.1, 0.15) is 5.56 Å². The van der Waals surface area contributed by atoms with Crippen molar-refractivity contribution in [1.29, 1.82) is 0 Å². The predicted molar refractivity (Wildman–Crippen MR) is 91.4 cm³/mol. The van der Waals surface area contributed by atoms with E-state index in [1.165, 1.54) is 0 Å². The predicted octanol–water partition coefficient (Wildman–Crippen LogP) is 3.48. The minimum absolute atomic E-state index is 0.112. The minimum atomic E-state index is -0.112. The fourth-order valence-corrected chi connectivity index (χ4v) is 2.89. The average molecular weight is 301 g/mol. The third-order valence-corrected chi connectivity index (χ3v) is 3.95. The molecule has 4 rings (SSSR count). The van der Waals surface area contributed by atoms with Crippen molar-refractivity contribution in [2.24, 2.45) is 0 Å². The van der Waals surface area contributed by atoms with Crippen LogP contribution >= 0.6 is 0 Å². The summed E-state index contributed by atoms with van der Waals surface area (Å²) in [5.74, 6) is 0. The number of hydrogen-bond acceptors (Lipinski definition) is 2. The molecule has 0 atom stereocenters. The highest BCUT2D eigenvalue weighted by Crippen LogP contribution is 2.21. The Kier molecular flexibility index (Phi) is 3.08. The Hall–Kier alpha value is -3.14. The van der Waals surface area contributed by atoms with Gasteiger partial charge in [-0.25, -0.2) is 14.3 Å². The molecule has 0 saturated carbocycles. The van der Waals surface area contributed by atoms with Gasteiger partial charge in [0.05, 0.1) is 16.9 Å². The fraction of sp³-hybridized carbons (Fsp3) is 0.0526. The maximum absolute atomic E-state index is 13.1. The first-order valence-corrected chi connectivity index (χ1v) is 7.47. The average Bonchev–Trinajstić information content (AvgIpc) is 2.90. The van der Waals surface area contributed by atoms with E-state index in [0.29, 0.717) is 5.65 Å². The van der Waals surface area contributed by atoms with Crippen LogP contribution in [0.5, 0.6) is 0 Å². The van der Waals surface area contributed by atoms with Crippen molar-refractivity contribution in [3.05, 3.63) is 89.0 Å². The van der Waals surface area contributed by atoms with Crippen molar-refractivity contribution in [3.8, 4) is 11.4 Å². The van der Waals surface area contributed by atoms with Crippen molar-refractivity contribution in [3.63, 3.8) is 0 Å². The Morgan fingerprint density at radius 3 is 1.96 bits per heavy atom. The standard InChI is InChI=1S/C19H15N3O/c1-14-12-13-20-18-17(14)21(15-8-4-2-5-9-15)19(23)22(18)16-10-6-3-7-11-16/h2-13H,1H3. The van der Waals surface area contributed by atoms with E-state index in [2.05, 4.69) is 4.98 Å². The zero-order chi connectivity index (χ0) is 15.8. The molecule has 0 aliphatic carbocycles. The van der Waals surface area contributed by atoms with Crippen LogP contribution in [0, 0.1) is 6.92 Å². The summed E-state index contributed by atoms with van der Waals surface area (Å²) >= 11 is 0. The number of aryl methyl sites for hydroxylation is 1. The Balaban J connectivity index is 2.17. The van der Waals surface area contributed by atoms with Crippen LogP contribution in [-0.4, -0.2) is 14.1 Å². The highest BCUT2D eigenvalue weighted by atomic mass is 16.1. The number of hydrogen-bond donors (Lipinski definition) is 0. The number of rotatable bonds is 2. The fourth-order valence-electron chi connectivity index (χ4n) is 2.89. The molecule has 0 fully saturated rings. The SMILES string of the molecule is Cc1ccnc2c1n(-c1ccccc1)c(=O)n2-c1ccccc1. The summed E-state index contributed by atoms with van der Waals surface area (Å²) in [6, 6.07) is 21.2. The molecule has 0 bridgehead atoms. The van der Waals surface area contributed by atoms with E-state index in [1.807, 2.05) is 73.7 Å². The van der Waals surface area contributed by atoms with Gasteiger partial charge >= 0.3 is 5.69 Å². The Morgan fingerprint density at radius 2 is 1.35 bits per heavy atom. The van der Waals surface area contributed by atoms with Crippen molar-refractivity contribution in [2.45, 2.75) is 6.92 Å². The van der Waals surface area contributed by atoms with E-state index in [9.17, 15) is 4.79 Å². The number of aromatic nitrogens is 3. The first-order chi connectivity index (χ1) is 11.3. The van der Waals surface area contributed by atoms with Gasteiger partial charge in [0.1, 0.15) is 0 Å². The molecule has 0 amide bonds. The smallest absolute Gasteiger partial charge is 0.258 e. The first kappa shape index (κ1) is 13.5. The summed E-state index contributed by atoms with van der Waals surface area (Å²) in [6.07, 6.45) is 1.74. The van der Waals surface area contributed by atoms with Crippen LogP contribution in [-0.2, 0) is 0 Å². The van der Waals surface area contributed by atoms with Gasteiger partial charge in [0.2, 0.25) is 0 Å². The molecule has 0 N–H and O–H groups in total. The van der Waals surface area contributed by atoms with Gasteiger partial charge in [0.15, 0.2) is 5.65 Å². The van der Waals surface area contributed by atoms with Crippen LogP contribution in [0.3, 0.4) is 0 Å². The van der Waals surface area contributed by atoms with E-state index in [4.69, 9.17) is 0 Å². The molecule has 2 heterocycles. The number of nitrogens with zero attached hydrogens (tertiary/aromatic N) is 3. The van der Waals surface area contributed by atoms with Crippen LogP contribution in [0.4, 0.5) is 0 Å². The summed E-state index contributed by atoms with van der Waals surface area (Å²) < 4.78 is 3.39. The number of imidazole rings is 1. The number of para-hydroxylation sites is 2. The molecule has 2 aromatic carbocycles. The molecule has 0 aliphatic heterocycles. The topological polar surface area (TPSA) is 39.8 Å². The van der Waals surface area contributed by atoms with E-state index in [1.54, 1.807) is 15.3 Å². The largest absolute Gasteiger partial charge is 0.339 e. The van der Waals surface area contributed by atoms with Gasteiger partial charge in [-0.2, -0.15) is 0 Å². The quantitative estimate of drug-likeness (QED) is 0.568. The molecular formula is C19H15N3O. The first-order valence-electron chi connectivity index (χ1n) is 7.47. The van der Waals surface area contributed by atoms with Gasteiger partial charge in [-0.15, -0.1) is 0 Å². The molecule has 112 valence electrons. The molecule has 0 spiro atoms. The van der Waals surface area contributed by atoms with Gasteiger partial charge in [-0.3, -0.25) is 4.57 Å². The van der Waals surface area contributed by atoms with Crippen LogP contribution in [0.15, 0.2) is 77.7 Å². The molecule has 0 radical (unpaired) electrons. The van der Waals surface area contributed by atoms with E-state index in [0.717, 1.165) is 22.5 Å². The Labute approximate surface area is 133 Å². The lowest BCUT2D eigenvalue weighted by atomic mass is 10.2. The molecule has 2 aromatic heterocycles. The Bertz CT molecular complexity index is 1030. The van der Waals surface area contributed by atoms with Crippen molar-refractivity contribution in [2.75, 3.05) is 0 Å². The van der Waals surface area contributed by atoms with E-state index in [-0.39, 0.29) is 5.69 Å². The van der Waals surface area contributed by atoms with Crippen molar-refractivity contribution in [1.82, 2.24) is 14.1 Å². The molecule has 4 nitrogen and oxygen atoms in total. The highest BCUT2D eigenvalue weighted by Gasteiger charge is 2.18. The third-order valence-electron chi connectivity index (χ3n) is 3.95. The second kappa shape index (κ2) is 5.25. The van der Waals surface area contributed by atoms with E-state index >= 15 is 0 Å². The molecule has 0 aliphatic rings. The maximum Gasteiger partial charge on any atom is 0.339 e. The summed E-state index contributed by atoms with van der Waals surface area (Å²) in [5, 5.41) is 0. The van der Waals surface area contributed by atoms with Gasteiger partial charge in [0.25, 0.3) is 0 Å². The zero-order valence-corrected chi connectivity index (χ0v) is 12.7. The van der Waals surface area contributed by atoms with E-state index < -0.39 is 0 Å². The molecule has 4 aromatic rings. The van der Waals surface area contributed by atoms with Crippen molar-refractivity contribution < 1.29 is 0 Å². The molecule has 4 heteroatoms. The highest BCUT2D eigenvalue weighted by molar-refractivity contribution is 5.79. The second-order valence-electron chi connectivity index (χ2n) is 5.42. The lowest BCUT2D eigenvalue weighted by molar-refractivity contribution is 0.924. The van der Waals surface area contributed by atoms with Crippen LogP contribution in [0.2, 0.25) is 0 Å². The third kappa shape index (κ3) is 2.07. The normalized spacial score (nSPS) is 11.0. The van der Waals surface area contributed by atoms with Crippen LogP contribution < -0.4 is 5.69 Å². The number of pyridine rings is 1. The summed E-state index contributed by atoms with van der Waals surface area (Å²) in [6.45, 7) is 2.00. The van der Waals surface area contributed by atoms with Gasteiger partial charge < -0.3 is 0 Å². The monoisotopic (exact) mass is 301 g/mol. The number of benzene rings is 2. The lowest BCUT2D eigenvalue weighted by Gasteiger charge is -2.04. The number of fused-ring (bicyclic) bond motifs is 1. The molecule has 0 unspecified atom stereocenters. The Morgan fingerprint density at radius 1 is 0.783 bits per heavy atom. The summed E-state index contributed by atoms with van der Waals surface area (Å²) in [4.78, 5) is 17.6. The maximum atomic E-state index is 13.1. The summed E-state index contributed by atoms with van der Waals surface area (Å²) in [5.41, 5.74) is 4.08. The second-order valence-corrected chi connectivity index (χ2v) is 5.42. The van der Waals surface area contributed by atoms with Crippen LogP contribution in [0.25, 0.3) is 22.5 Å². The van der Waals surface area contributed by atoms with Gasteiger partial charge in [0, 0.05) is 6.20 Å². The molecule has 23 heavy (non-hydrogen) atoms. The summed E-state index contributed by atoms with van der Waals surface area (Å²) in [7, 11) is 0. The molecular weight excluding hydrogens is 286 g/mol.